The monoisotopic (exact) mass is 330 g/mol. The van der Waals surface area contributed by atoms with Crippen molar-refractivity contribution in [1.29, 1.82) is 0 Å². The lowest BCUT2D eigenvalue weighted by atomic mass is 10.2. The second kappa shape index (κ2) is 7.40. The number of nitrogens with one attached hydrogen (secondary N) is 2. The molecule has 1 atom stereocenters. The van der Waals surface area contributed by atoms with Crippen LogP contribution in [0, 0.1) is 0 Å². The summed E-state index contributed by atoms with van der Waals surface area (Å²) in [6.07, 6.45) is 1.46. The molecule has 126 valence electrons. The lowest BCUT2D eigenvalue weighted by molar-refractivity contribution is -0.131. The molecule has 24 heavy (non-hydrogen) atoms. The van der Waals surface area contributed by atoms with E-state index in [0.717, 1.165) is 4.90 Å². The molecule has 1 unspecified atom stereocenters. The standard InChI is InChI=1S/C16H18N4O4/c1-3-9-17-15(23)18-13(21)10-19-14(22)11(2)20(16(19)24)12-7-5-4-6-8-12/h3-8,11H,1,9-10H2,2H3,(H2,17,18,21,23). The summed E-state index contributed by atoms with van der Waals surface area (Å²) >= 11 is 0. The van der Waals surface area contributed by atoms with E-state index in [0.29, 0.717) is 5.69 Å². The van der Waals surface area contributed by atoms with Gasteiger partial charge in [-0.25, -0.2) is 9.59 Å². The Morgan fingerprint density at radius 1 is 1.25 bits per heavy atom. The minimum Gasteiger partial charge on any atom is -0.334 e. The van der Waals surface area contributed by atoms with Crippen LogP contribution in [0.25, 0.3) is 0 Å². The van der Waals surface area contributed by atoms with Crippen LogP contribution in [-0.2, 0) is 9.59 Å². The lowest BCUT2D eigenvalue weighted by Crippen LogP contribution is -2.46. The molecule has 1 heterocycles. The van der Waals surface area contributed by atoms with Crippen molar-refractivity contribution in [3.8, 4) is 0 Å². The summed E-state index contributed by atoms with van der Waals surface area (Å²) in [6.45, 7) is 4.69. The number of hydrogen-bond acceptors (Lipinski definition) is 4. The number of amides is 6. The van der Waals surface area contributed by atoms with Crippen LogP contribution in [0.2, 0.25) is 0 Å². The highest BCUT2D eigenvalue weighted by Gasteiger charge is 2.44. The quantitative estimate of drug-likeness (QED) is 0.618. The smallest absolute Gasteiger partial charge is 0.332 e. The minimum atomic E-state index is -0.750. The van der Waals surface area contributed by atoms with Crippen molar-refractivity contribution in [2.75, 3.05) is 18.0 Å². The molecule has 2 rings (SSSR count). The molecule has 0 saturated carbocycles. The molecule has 6 amide bonds. The van der Waals surface area contributed by atoms with Crippen LogP contribution in [-0.4, -0.2) is 47.9 Å². The van der Waals surface area contributed by atoms with E-state index < -0.39 is 36.5 Å². The summed E-state index contributed by atoms with van der Waals surface area (Å²) in [6, 6.07) is 6.67. The number of anilines is 1. The molecule has 8 nitrogen and oxygen atoms in total. The van der Waals surface area contributed by atoms with E-state index in [-0.39, 0.29) is 6.54 Å². The van der Waals surface area contributed by atoms with Crippen molar-refractivity contribution in [2.24, 2.45) is 0 Å². The Kier molecular flexibility index (Phi) is 5.31. The van der Waals surface area contributed by atoms with Crippen LogP contribution in [0.5, 0.6) is 0 Å². The minimum absolute atomic E-state index is 0.194. The van der Waals surface area contributed by atoms with Crippen molar-refractivity contribution in [2.45, 2.75) is 13.0 Å². The van der Waals surface area contributed by atoms with Gasteiger partial charge in [0.05, 0.1) is 0 Å². The van der Waals surface area contributed by atoms with Gasteiger partial charge in [-0.3, -0.25) is 24.7 Å². The highest BCUT2D eigenvalue weighted by Crippen LogP contribution is 2.25. The van der Waals surface area contributed by atoms with Gasteiger partial charge in [-0.2, -0.15) is 0 Å². The third-order valence-corrected chi connectivity index (χ3v) is 3.44. The number of para-hydroxylation sites is 1. The average Bonchev–Trinajstić information content (AvgIpc) is 2.77. The third-order valence-electron chi connectivity index (χ3n) is 3.44. The second-order valence-corrected chi connectivity index (χ2v) is 5.14. The zero-order valence-corrected chi connectivity index (χ0v) is 13.2. The fraction of sp³-hybridized carbons (Fsp3) is 0.250. The number of benzene rings is 1. The summed E-state index contributed by atoms with van der Waals surface area (Å²) in [4.78, 5) is 50.1. The Hall–Kier alpha value is -3.16. The van der Waals surface area contributed by atoms with Gasteiger partial charge >= 0.3 is 12.1 Å². The highest BCUT2D eigenvalue weighted by atomic mass is 16.2. The molecule has 1 aromatic rings. The molecule has 1 aliphatic heterocycles. The van der Waals surface area contributed by atoms with Crippen LogP contribution in [0.3, 0.4) is 0 Å². The Morgan fingerprint density at radius 3 is 2.54 bits per heavy atom. The van der Waals surface area contributed by atoms with E-state index in [2.05, 4.69) is 17.2 Å². The molecular weight excluding hydrogens is 312 g/mol. The van der Waals surface area contributed by atoms with Crippen molar-refractivity contribution in [1.82, 2.24) is 15.5 Å². The first kappa shape index (κ1) is 17.2. The number of rotatable bonds is 5. The van der Waals surface area contributed by atoms with Crippen LogP contribution >= 0.6 is 0 Å². The van der Waals surface area contributed by atoms with Crippen molar-refractivity contribution in [3.05, 3.63) is 43.0 Å². The van der Waals surface area contributed by atoms with Gasteiger partial charge in [-0.15, -0.1) is 6.58 Å². The van der Waals surface area contributed by atoms with Gasteiger partial charge in [-0.05, 0) is 19.1 Å². The van der Waals surface area contributed by atoms with Crippen LogP contribution in [0.1, 0.15) is 6.92 Å². The summed E-state index contributed by atoms with van der Waals surface area (Å²) in [5, 5.41) is 4.42. The number of nitrogens with zero attached hydrogens (tertiary/aromatic N) is 2. The predicted octanol–water partition coefficient (Wildman–Crippen LogP) is 0.856. The molecule has 1 aliphatic rings. The van der Waals surface area contributed by atoms with E-state index in [1.54, 1.807) is 37.3 Å². The molecule has 0 aromatic heterocycles. The third kappa shape index (κ3) is 3.60. The topological polar surface area (TPSA) is 98.8 Å². The predicted molar refractivity (Wildman–Crippen MR) is 87.2 cm³/mol. The van der Waals surface area contributed by atoms with Crippen molar-refractivity contribution in [3.63, 3.8) is 0 Å². The number of carbonyl (C=O) groups is 4. The molecule has 2 N–H and O–H groups in total. The van der Waals surface area contributed by atoms with Crippen LogP contribution in [0.15, 0.2) is 43.0 Å². The molecule has 1 aromatic carbocycles. The Morgan fingerprint density at radius 2 is 1.92 bits per heavy atom. The molecule has 1 saturated heterocycles. The maximum absolute atomic E-state index is 12.5. The SMILES string of the molecule is C=CCNC(=O)NC(=O)CN1C(=O)C(C)N(c2ccccc2)C1=O. The fourth-order valence-electron chi connectivity index (χ4n) is 2.31. The zero-order valence-electron chi connectivity index (χ0n) is 13.2. The maximum atomic E-state index is 12.5. The zero-order chi connectivity index (χ0) is 17.7. The molecule has 0 aliphatic carbocycles. The first-order chi connectivity index (χ1) is 11.5. The van der Waals surface area contributed by atoms with E-state index in [4.69, 9.17) is 0 Å². The van der Waals surface area contributed by atoms with Gasteiger partial charge in [0, 0.05) is 12.2 Å². The largest absolute Gasteiger partial charge is 0.334 e. The Balaban J connectivity index is 2.05. The molecule has 0 spiro atoms. The molecule has 8 heteroatoms. The molecular formula is C16H18N4O4. The van der Waals surface area contributed by atoms with Crippen molar-refractivity contribution < 1.29 is 19.2 Å². The lowest BCUT2D eigenvalue weighted by Gasteiger charge is -2.19. The normalized spacial score (nSPS) is 17.0. The van der Waals surface area contributed by atoms with Crippen LogP contribution in [0.4, 0.5) is 15.3 Å². The van der Waals surface area contributed by atoms with E-state index in [9.17, 15) is 19.2 Å². The van der Waals surface area contributed by atoms with Gasteiger partial charge in [0.25, 0.3) is 5.91 Å². The average molecular weight is 330 g/mol. The van der Waals surface area contributed by atoms with Crippen LogP contribution < -0.4 is 15.5 Å². The molecule has 0 bridgehead atoms. The summed E-state index contributed by atoms with van der Waals surface area (Å²) in [7, 11) is 0. The summed E-state index contributed by atoms with van der Waals surface area (Å²) in [5.41, 5.74) is 0.565. The maximum Gasteiger partial charge on any atom is 0.332 e. The van der Waals surface area contributed by atoms with Gasteiger partial charge in [-0.1, -0.05) is 24.3 Å². The van der Waals surface area contributed by atoms with Gasteiger partial charge in [0.15, 0.2) is 0 Å². The summed E-state index contributed by atoms with van der Waals surface area (Å²) in [5.74, 6) is -1.24. The number of hydrogen-bond donors (Lipinski definition) is 2. The first-order valence-electron chi connectivity index (χ1n) is 7.34. The van der Waals surface area contributed by atoms with Crippen molar-refractivity contribution >= 4 is 29.6 Å². The molecule has 1 fully saturated rings. The number of urea groups is 2. The van der Waals surface area contributed by atoms with Gasteiger partial charge in [0.1, 0.15) is 12.6 Å². The fourth-order valence-corrected chi connectivity index (χ4v) is 2.31. The van der Waals surface area contributed by atoms with E-state index in [1.165, 1.54) is 11.0 Å². The Labute approximate surface area is 139 Å². The molecule has 0 radical (unpaired) electrons. The van der Waals surface area contributed by atoms with Gasteiger partial charge < -0.3 is 5.32 Å². The highest BCUT2D eigenvalue weighted by molar-refractivity contribution is 6.15. The number of carbonyl (C=O) groups excluding carboxylic acids is 4. The van der Waals surface area contributed by atoms with E-state index in [1.807, 2.05) is 0 Å². The van der Waals surface area contributed by atoms with Gasteiger partial charge in [0.2, 0.25) is 5.91 Å². The summed E-state index contributed by atoms with van der Waals surface area (Å²) < 4.78 is 0. The second-order valence-electron chi connectivity index (χ2n) is 5.14. The Bertz CT molecular complexity index is 674. The van der Waals surface area contributed by atoms with E-state index >= 15 is 0 Å². The first-order valence-corrected chi connectivity index (χ1v) is 7.34. The number of imide groups is 2.